The molecule has 0 aromatic heterocycles. The van der Waals surface area contributed by atoms with Gasteiger partial charge in [-0.2, -0.15) is 13.2 Å². The molecule has 2 unspecified atom stereocenters. The van der Waals surface area contributed by atoms with Gasteiger partial charge >= 0.3 is 6.18 Å². The van der Waals surface area contributed by atoms with E-state index in [0.29, 0.717) is 0 Å². The van der Waals surface area contributed by atoms with E-state index >= 15 is 0 Å². The summed E-state index contributed by atoms with van der Waals surface area (Å²) in [6.07, 6.45) is -4.29. The topological polar surface area (TPSA) is 37.3 Å². The molecule has 2 nitrogen and oxygen atoms in total. The molecular formula is C9H9F3O2S. The average molecular weight is 238 g/mol. The van der Waals surface area contributed by atoms with E-state index in [1.54, 1.807) is 0 Å². The third-order valence-electron chi connectivity index (χ3n) is 2.07. The van der Waals surface area contributed by atoms with Gasteiger partial charge in [-0.25, -0.2) is 4.21 Å². The van der Waals surface area contributed by atoms with Gasteiger partial charge in [0.2, 0.25) is 0 Å². The predicted molar refractivity (Wildman–Crippen MR) is 49.9 cm³/mol. The van der Waals surface area contributed by atoms with Crippen LogP contribution in [0.1, 0.15) is 18.4 Å². The van der Waals surface area contributed by atoms with Crippen molar-refractivity contribution in [2.24, 2.45) is 0 Å². The highest BCUT2D eigenvalue weighted by Crippen LogP contribution is 2.34. The van der Waals surface area contributed by atoms with E-state index < -0.39 is 23.2 Å². The fraction of sp³-hybridized carbons (Fsp3) is 0.333. The molecule has 15 heavy (non-hydrogen) atoms. The molecule has 1 aromatic carbocycles. The summed E-state index contributed by atoms with van der Waals surface area (Å²) in [4.78, 5) is 0.0909. The van der Waals surface area contributed by atoms with Crippen LogP contribution < -0.4 is 0 Å². The van der Waals surface area contributed by atoms with Crippen LogP contribution in [0.4, 0.5) is 13.2 Å². The molecule has 0 aliphatic heterocycles. The van der Waals surface area contributed by atoms with E-state index in [4.69, 9.17) is 4.55 Å². The summed E-state index contributed by atoms with van der Waals surface area (Å²) in [7, 11) is 0. The maximum Gasteiger partial charge on any atom is 0.395 e. The Balaban J connectivity index is 2.94. The van der Waals surface area contributed by atoms with Gasteiger partial charge in [-0.1, -0.05) is 12.1 Å². The van der Waals surface area contributed by atoms with E-state index in [-0.39, 0.29) is 10.5 Å². The van der Waals surface area contributed by atoms with Crippen LogP contribution in [0.15, 0.2) is 29.2 Å². The molecule has 0 aliphatic rings. The molecule has 0 bridgehead atoms. The van der Waals surface area contributed by atoms with Crippen LogP contribution in [0.25, 0.3) is 0 Å². The monoisotopic (exact) mass is 238 g/mol. The van der Waals surface area contributed by atoms with E-state index in [0.717, 1.165) is 6.92 Å². The first-order valence-electron chi connectivity index (χ1n) is 4.10. The van der Waals surface area contributed by atoms with Gasteiger partial charge in [0.15, 0.2) is 11.1 Å². The van der Waals surface area contributed by atoms with Crippen LogP contribution in [0.2, 0.25) is 0 Å². The molecule has 2 atom stereocenters. The van der Waals surface area contributed by atoms with Gasteiger partial charge in [0.25, 0.3) is 0 Å². The number of alkyl halides is 3. The quantitative estimate of drug-likeness (QED) is 0.804. The molecule has 0 amide bonds. The minimum atomic E-state index is -4.29. The molecule has 0 aliphatic carbocycles. The van der Waals surface area contributed by atoms with Crippen LogP contribution in [-0.2, 0) is 11.1 Å². The highest BCUT2D eigenvalue weighted by Gasteiger charge is 2.36. The Hall–Kier alpha value is -0.880. The Kier molecular flexibility index (Phi) is 3.51. The normalized spacial score (nSPS) is 16.1. The van der Waals surface area contributed by atoms with Gasteiger partial charge in [-0.05, 0) is 24.6 Å². The number of hydrogen-bond acceptors (Lipinski definition) is 1. The first kappa shape index (κ1) is 12.2. The summed E-state index contributed by atoms with van der Waals surface area (Å²) in [6.45, 7) is 1.05. The van der Waals surface area contributed by atoms with Gasteiger partial charge in [0, 0.05) is 0 Å². The molecule has 0 saturated carbocycles. The van der Waals surface area contributed by atoms with E-state index in [9.17, 15) is 17.4 Å². The zero-order valence-corrected chi connectivity index (χ0v) is 8.60. The maximum atomic E-state index is 12.3. The highest BCUT2D eigenvalue weighted by molar-refractivity contribution is 7.79. The molecule has 84 valence electrons. The summed E-state index contributed by atoms with van der Waals surface area (Å²) >= 11 is -2.15. The number of hydrogen-bond donors (Lipinski definition) is 1. The second kappa shape index (κ2) is 4.32. The maximum absolute atomic E-state index is 12.3. The Labute approximate surface area is 87.4 Å². The zero-order valence-electron chi connectivity index (χ0n) is 7.78. The largest absolute Gasteiger partial charge is 0.395 e. The molecule has 1 N–H and O–H groups in total. The van der Waals surface area contributed by atoms with Crippen LogP contribution in [0.5, 0.6) is 0 Å². The van der Waals surface area contributed by atoms with Gasteiger partial charge in [-0.3, -0.25) is 0 Å². The molecule has 0 fully saturated rings. The molecule has 0 radical (unpaired) electrons. The lowest BCUT2D eigenvalue weighted by atomic mass is 10.0. The van der Waals surface area contributed by atoms with E-state index in [1.807, 2.05) is 0 Å². The lowest BCUT2D eigenvalue weighted by Gasteiger charge is -2.15. The molecule has 0 spiro atoms. The van der Waals surface area contributed by atoms with Crippen LogP contribution in [0, 0.1) is 0 Å². The molecule has 0 heterocycles. The van der Waals surface area contributed by atoms with Crippen molar-refractivity contribution in [2.45, 2.75) is 23.9 Å². The number of halogens is 3. The van der Waals surface area contributed by atoms with Crippen molar-refractivity contribution < 1.29 is 21.9 Å². The van der Waals surface area contributed by atoms with Gasteiger partial charge in [-0.15, -0.1) is 0 Å². The van der Waals surface area contributed by atoms with Crippen LogP contribution in [0.3, 0.4) is 0 Å². The SMILES string of the molecule is CC(c1ccc(S(=O)O)cc1)C(F)(F)F. The Morgan fingerprint density at radius 2 is 1.73 bits per heavy atom. The van der Waals surface area contributed by atoms with Gasteiger partial charge < -0.3 is 4.55 Å². The Morgan fingerprint density at radius 1 is 1.27 bits per heavy atom. The van der Waals surface area contributed by atoms with Crippen molar-refractivity contribution in [3.8, 4) is 0 Å². The van der Waals surface area contributed by atoms with E-state index in [1.165, 1.54) is 24.3 Å². The third kappa shape index (κ3) is 3.04. The lowest BCUT2D eigenvalue weighted by Crippen LogP contribution is -2.17. The van der Waals surface area contributed by atoms with Crippen molar-refractivity contribution in [1.82, 2.24) is 0 Å². The molecule has 1 rings (SSSR count). The van der Waals surface area contributed by atoms with Crippen molar-refractivity contribution in [1.29, 1.82) is 0 Å². The molecule has 6 heteroatoms. The van der Waals surface area contributed by atoms with Crippen LogP contribution in [-0.4, -0.2) is 14.9 Å². The molecule has 1 aromatic rings. The van der Waals surface area contributed by atoms with Crippen molar-refractivity contribution >= 4 is 11.1 Å². The zero-order chi connectivity index (χ0) is 11.6. The minimum Gasteiger partial charge on any atom is -0.302 e. The van der Waals surface area contributed by atoms with Gasteiger partial charge in [0.1, 0.15) is 0 Å². The smallest absolute Gasteiger partial charge is 0.302 e. The fourth-order valence-corrected chi connectivity index (χ4v) is 1.43. The Morgan fingerprint density at radius 3 is 2.07 bits per heavy atom. The lowest BCUT2D eigenvalue weighted by molar-refractivity contribution is -0.146. The summed E-state index contributed by atoms with van der Waals surface area (Å²) in [5, 5.41) is 0. The van der Waals surface area contributed by atoms with Gasteiger partial charge in [0.05, 0.1) is 10.8 Å². The van der Waals surface area contributed by atoms with Crippen LogP contribution >= 0.6 is 0 Å². The summed E-state index contributed by atoms with van der Waals surface area (Å²) in [5.74, 6) is -1.57. The third-order valence-corrected chi connectivity index (χ3v) is 2.75. The first-order valence-corrected chi connectivity index (χ1v) is 5.20. The average Bonchev–Trinajstić information content (AvgIpc) is 2.15. The first-order chi connectivity index (χ1) is 6.82. The number of rotatable bonds is 2. The fourth-order valence-electron chi connectivity index (χ4n) is 1.06. The number of benzene rings is 1. The van der Waals surface area contributed by atoms with Crippen molar-refractivity contribution in [3.05, 3.63) is 29.8 Å². The Bertz CT molecular complexity index is 359. The second-order valence-electron chi connectivity index (χ2n) is 3.08. The molecule has 0 saturated heterocycles. The summed E-state index contributed by atoms with van der Waals surface area (Å²) < 4.78 is 56.1. The predicted octanol–water partition coefficient (Wildman–Crippen LogP) is 2.93. The van der Waals surface area contributed by atoms with Crippen molar-refractivity contribution in [2.75, 3.05) is 0 Å². The van der Waals surface area contributed by atoms with Crippen molar-refractivity contribution in [3.63, 3.8) is 0 Å². The second-order valence-corrected chi connectivity index (χ2v) is 4.05. The summed E-state index contributed by atoms with van der Waals surface area (Å²) in [5.41, 5.74) is 0.0803. The standard InChI is InChI=1S/C9H9F3O2S/c1-6(9(10,11)12)7-2-4-8(5-3-7)15(13)14/h2-6H,1H3,(H,13,14). The van der Waals surface area contributed by atoms with E-state index in [2.05, 4.69) is 0 Å². The molecular weight excluding hydrogens is 229 g/mol. The highest BCUT2D eigenvalue weighted by atomic mass is 32.2. The summed E-state index contributed by atoms with van der Waals surface area (Å²) in [6, 6.07) is 4.85. The minimum absolute atomic E-state index is 0.0803.